The predicted octanol–water partition coefficient (Wildman–Crippen LogP) is 4.70. The van der Waals surface area contributed by atoms with Gasteiger partial charge in [0, 0.05) is 67.7 Å². The molecule has 3 aromatic rings. The molecule has 19 heteroatoms. The smallest absolute Gasteiger partial charge is 0.408 e. The SMILES string of the molecule is C=C(N[C@@H](CCN(C(=O)CO)[C@@H](c1cc(-c2cc(F)ccc2F)cn1Cc1ccccc1)C(C)(C)C)C(=O)NCCNC(=O)[C@@H](CCC(=O)OC(C)(C)C)NC(=O)OC(C)(C)C)[C@@H](N)CC(N)=O. The number of nitrogens with two attached hydrogens (primary N) is 2. The highest BCUT2D eigenvalue weighted by Crippen LogP contribution is 2.41. The summed E-state index contributed by atoms with van der Waals surface area (Å²) in [5, 5.41) is 21.2. The number of alkyl carbamates (subject to hydrolysis) is 1. The van der Waals surface area contributed by atoms with Crippen LogP contribution in [0.4, 0.5) is 13.6 Å². The third-order valence-electron chi connectivity index (χ3n) is 10.2. The number of nitrogens with one attached hydrogen (secondary N) is 4. The second-order valence-electron chi connectivity index (χ2n) is 19.6. The first-order valence-corrected chi connectivity index (χ1v) is 22.4. The van der Waals surface area contributed by atoms with Crippen LogP contribution in [0.5, 0.6) is 0 Å². The number of nitrogens with zero attached hydrogens (tertiary/aromatic N) is 2. The molecule has 9 N–H and O–H groups in total. The summed E-state index contributed by atoms with van der Waals surface area (Å²) in [6.07, 6.45) is 0.0614. The van der Waals surface area contributed by atoms with Crippen molar-refractivity contribution in [3.63, 3.8) is 0 Å². The normalized spacial score (nSPS) is 13.5. The van der Waals surface area contributed by atoms with Crippen LogP contribution in [0, 0.1) is 17.0 Å². The van der Waals surface area contributed by atoms with Crippen molar-refractivity contribution in [2.75, 3.05) is 26.2 Å². The van der Waals surface area contributed by atoms with Crippen molar-refractivity contribution >= 4 is 35.7 Å². The monoisotopic (exact) mass is 953 g/mol. The van der Waals surface area contributed by atoms with Gasteiger partial charge in [0.25, 0.3) is 0 Å². The molecule has 0 unspecified atom stereocenters. The number of primary amides is 1. The first-order chi connectivity index (χ1) is 31.6. The van der Waals surface area contributed by atoms with Crippen LogP contribution in [0.2, 0.25) is 0 Å². The van der Waals surface area contributed by atoms with Crippen molar-refractivity contribution < 1.29 is 52.1 Å². The standard InChI is InChI=1S/C49H70F2N8O9/c1-30(36(52)26-40(53)61)56-38(45(65)55-22-21-54-44(64)37(57-46(66)68-49(8,9)10)18-19-42(63)67-48(5,6)7)20-23-59(41(62)29-60)43(47(2,3)4)39-24-32(34-25-33(50)16-17-35(34)51)28-58(39)27-31-14-12-11-13-15-31/h11-17,24-25,28,36-38,43,56,60H,1,18-23,26-27,29,52H2,2-10H3,(H2,53,61)(H,54,64)(H,55,65)(H,57,66)/t36-,37+,38-,43-/m0/s1. The summed E-state index contributed by atoms with van der Waals surface area (Å²) in [5.41, 5.74) is 11.0. The van der Waals surface area contributed by atoms with E-state index in [1.807, 2.05) is 55.7 Å². The molecule has 2 aromatic carbocycles. The summed E-state index contributed by atoms with van der Waals surface area (Å²) in [7, 11) is 0. The van der Waals surface area contributed by atoms with Crippen LogP contribution >= 0.6 is 0 Å². The van der Waals surface area contributed by atoms with Gasteiger partial charge in [-0.05, 0) is 89.6 Å². The fraction of sp³-hybridized carbons (Fsp3) is 0.510. The fourth-order valence-electron chi connectivity index (χ4n) is 7.30. The number of rotatable bonds is 23. The molecule has 1 heterocycles. The molecule has 17 nitrogen and oxygen atoms in total. The molecular formula is C49H70F2N8O9. The van der Waals surface area contributed by atoms with Crippen LogP contribution in [-0.4, -0.2) is 106 Å². The maximum atomic E-state index is 15.3. The van der Waals surface area contributed by atoms with Gasteiger partial charge >= 0.3 is 12.1 Å². The number of carbonyl (C=O) groups excluding carboxylic acids is 6. The lowest BCUT2D eigenvalue weighted by atomic mass is 9.82. The van der Waals surface area contributed by atoms with Gasteiger partial charge in [0.2, 0.25) is 23.6 Å². The van der Waals surface area contributed by atoms with Gasteiger partial charge < -0.3 is 56.8 Å². The summed E-state index contributed by atoms with van der Waals surface area (Å²) in [6.45, 7) is 18.6. The van der Waals surface area contributed by atoms with Crippen LogP contribution in [0.25, 0.3) is 11.1 Å². The van der Waals surface area contributed by atoms with Crippen molar-refractivity contribution in [2.24, 2.45) is 16.9 Å². The number of hydrogen-bond acceptors (Lipinski definition) is 11. The molecular weight excluding hydrogens is 883 g/mol. The highest BCUT2D eigenvalue weighted by molar-refractivity contribution is 5.86. The van der Waals surface area contributed by atoms with E-state index in [9.17, 15) is 38.3 Å². The lowest BCUT2D eigenvalue weighted by Gasteiger charge is -2.41. The first-order valence-electron chi connectivity index (χ1n) is 22.4. The Morgan fingerprint density at radius 2 is 1.41 bits per heavy atom. The van der Waals surface area contributed by atoms with Crippen molar-refractivity contribution in [3.05, 3.63) is 96.0 Å². The predicted molar refractivity (Wildman–Crippen MR) is 253 cm³/mol. The molecule has 0 radical (unpaired) electrons. The first kappa shape index (κ1) is 56.0. The van der Waals surface area contributed by atoms with Gasteiger partial charge in [-0.3, -0.25) is 24.0 Å². The van der Waals surface area contributed by atoms with E-state index in [-0.39, 0.29) is 63.1 Å². The average molecular weight is 953 g/mol. The molecule has 374 valence electrons. The number of aromatic nitrogens is 1. The van der Waals surface area contributed by atoms with E-state index in [1.54, 1.807) is 53.8 Å². The van der Waals surface area contributed by atoms with Crippen LogP contribution in [0.1, 0.15) is 105 Å². The molecule has 0 bridgehead atoms. The minimum atomic E-state index is -1.21. The maximum Gasteiger partial charge on any atom is 0.408 e. The van der Waals surface area contributed by atoms with Gasteiger partial charge in [0.15, 0.2) is 0 Å². The summed E-state index contributed by atoms with van der Waals surface area (Å²) in [5.74, 6) is -4.58. The van der Waals surface area contributed by atoms with E-state index in [1.165, 1.54) is 4.90 Å². The number of esters is 1. The van der Waals surface area contributed by atoms with Gasteiger partial charge in [-0.2, -0.15) is 0 Å². The minimum Gasteiger partial charge on any atom is -0.460 e. The van der Waals surface area contributed by atoms with E-state index in [2.05, 4.69) is 27.8 Å². The van der Waals surface area contributed by atoms with Crippen LogP contribution in [0.15, 0.2) is 73.1 Å². The van der Waals surface area contributed by atoms with Gasteiger partial charge in [0.1, 0.15) is 41.5 Å². The van der Waals surface area contributed by atoms with Crippen LogP contribution in [0.3, 0.4) is 0 Å². The number of carbonyl (C=O) groups is 6. The lowest BCUT2D eigenvalue weighted by Crippen LogP contribution is -2.52. The minimum absolute atomic E-state index is 0.00400. The Labute approximate surface area is 397 Å². The summed E-state index contributed by atoms with van der Waals surface area (Å²) >= 11 is 0. The molecule has 0 spiro atoms. The zero-order valence-electron chi connectivity index (χ0n) is 40.7. The largest absolute Gasteiger partial charge is 0.460 e. The number of hydrogen-bond donors (Lipinski definition) is 7. The number of ether oxygens (including phenoxy) is 2. The Kier molecular flexibility index (Phi) is 20.3. The molecule has 0 aliphatic carbocycles. The number of aliphatic hydroxyl groups is 1. The Balaban J connectivity index is 1.94. The number of amides is 5. The zero-order valence-corrected chi connectivity index (χ0v) is 40.7. The van der Waals surface area contributed by atoms with E-state index in [0.717, 1.165) is 23.8 Å². The van der Waals surface area contributed by atoms with E-state index in [0.29, 0.717) is 11.3 Å². The third kappa shape index (κ3) is 18.4. The Morgan fingerprint density at radius 1 is 0.824 bits per heavy atom. The van der Waals surface area contributed by atoms with Crippen LogP contribution < -0.4 is 32.7 Å². The molecule has 0 saturated heterocycles. The Morgan fingerprint density at radius 3 is 1.96 bits per heavy atom. The van der Waals surface area contributed by atoms with E-state index >= 15 is 4.39 Å². The van der Waals surface area contributed by atoms with E-state index in [4.69, 9.17) is 20.9 Å². The number of halogens is 2. The summed E-state index contributed by atoms with van der Waals surface area (Å²) < 4.78 is 42.3. The Hall–Kier alpha value is -6.34. The molecule has 68 heavy (non-hydrogen) atoms. The van der Waals surface area contributed by atoms with Gasteiger partial charge in [-0.25, -0.2) is 13.6 Å². The molecule has 1 aromatic heterocycles. The second-order valence-corrected chi connectivity index (χ2v) is 19.6. The zero-order chi connectivity index (χ0) is 51.1. The van der Waals surface area contributed by atoms with Crippen molar-refractivity contribution in [2.45, 2.75) is 130 Å². The topological polar surface area (TPSA) is 249 Å². The average Bonchev–Trinajstić information content (AvgIpc) is 3.62. The summed E-state index contributed by atoms with van der Waals surface area (Å²) in [4.78, 5) is 79.6. The van der Waals surface area contributed by atoms with Gasteiger partial charge in [-0.1, -0.05) is 57.7 Å². The van der Waals surface area contributed by atoms with Crippen molar-refractivity contribution in [1.29, 1.82) is 0 Å². The molecule has 3 rings (SSSR count). The summed E-state index contributed by atoms with van der Waals surface area (Å²) in [6, 6.07) is 10.00. The third-order valence-corrected chi connectivity index (χ3v) is 10.2. The fourth-order valence-corrected chi connectivity index (χ4v) is 7.30. The van der Waals surface area contributed by atoms with Crippen molar-refractivity contribution in [3.8, 4) is 11.1 Å². The molecule has 0 aliphatic heterocycles. The molecule has 5 amide bonds. The van der Waals surface area contributed by atoms with Gasteiger partial charge in [-0.15, -0.1) is 0 Å². The lowest BCUT2D eigenvalue weighted by molar-refractivity contribution is -0.155. The number of aliphatic hydroxyl groups excluding tert-OH is 1. The number of benzene rings is 2. The molecule has 0 fully saturated rings. The highest BCUT2D eigenvalue weighted by atomic mass is 19.1. The maximum absolute atomic E-state index is 15.3. The molecule has 0 aliphatic rings. The van der Waals surface area contributed by atoms with Crippen molar-refractivity contribution in [1.82, 2.24) is 30.7 Å². The van der Waals surface area contributed by atoms with Gasteiger partial charge in [0.05, 0.1) is 12.1 Å². The second kappa shape index (κ2) is 24.6. The Bertz CT molecular complexity index is 2230. The van der Waals surface area contributed by atoms with Crippen LogP contribution in [-0.2, 0) is 40.0 Å². The van der Waals surface area contributed by atoms with E-state index < -0.39 is 94.7 Å². The molecule has 4 atom stereocenters. The quantitative estimate of drug-likeness (QED) is 0.0507. The molecule has 0 saturated carbocycles. The highest BCUT2D eigenvalue weighted by Gasteiger charge is 2.38.